The van der Waals surface area contributed by atoms with Gasteiger partial charge >= 0.3 is 0 Å². The van der Waals surface area contributed by atoms with Crippen molar-refractivity contribution in [2.24, 2.45) is 5.92 Å². The molecule has 2 aromatic heterocycles. The SMILES string of the molecule is CC(C)CC1c2[nH]c3ccc(Cl)cc3c2CCN1Cc1ccco1. The molecule has 1 atom stereocenters. The standard InChI is InChI=1S/C20H23ClN2O/c1-13(2)10-19-20-16(17-11-14(21)5-6-18(17)22-20)7-8-23(19)12-15-4-3-9-24-15/h3-6,9,11,13,19,22H,7-8,10,12H2,1-2H3. The molecule has 0 spiro atoms. The van der Waals surface area contributed by atoms with Crippen molar-refractivity contribution in [3.63, 3.8) is 0 Å². The van der Waals surface area contributed by atoms with Crippen molar-refractivity contribution >= 4 is 22.5 Å². The van der Waals surface area contributed by atoms with Crippen LogP contribution >= 0.6 is 11.6 Å². The molecule has 4 rings (SSSR count). The molecule has 1 aliphatic heterocycles. The number of H-pyrrole nitrogens is 1. The van der Waals surface area contributed by atoms with Crippen LogP contribution in [0.2, 0.25) is 5.02 Å². The maximum atomic E-state index is 6.23. The van der Waals surface area contributed by atoms with E-state index in [1.165, 1.54) is 22.2 Å². The average molecular weight is 343 g/mol. The van der Waals surface area contributed by atoms with Gasteiger partial charge in [0.25, 0.3) is 0 Å². The van der Waals surface area contributed by atoms with Crippen LogP contribution in [0.4, 0.5) is 0 Å². The van der Waals surface area contributed by atoms with Gasteiger partial charge in [-0.05, 0) is 54.7 Å². The summed E-state index contributed by atoms with van der Waals surface area (Å²) in [7, 11) is 0. The maximum absolute atomic E-state index is 6.23. The van der Waals surface area contributed by atoms with Crippen LogP contribution in [0, 0.1) is 5.92 Å². The van der Waals surface area contributed by atoms with E-state index < -0.39 is 0 Å². The van der Waals surface area contributed by atoms with Gasteiger partial charge in [0.1, 0.15) is 5.76 Å². The molecule has 0 saturated heterocycles. The first-order valence-corrected chi connectivity index (χ1v) is 9.06. The maximum Gasteiger partial charge on any atom is 0.117 e. The first-order valence-electron chi connectivity index (χ1n) is 8.68. The number of nitrogens with one attached hydrogen (secondary N) is 1. The van der Waals surface area contributed by atoms with Crippen LogP contribution in [-0.4, -0.2) is 16.4 Å². The summed E-state index contributed by atoms with van der Waals surface area (Å²) in [6.07, 6.45) is 3.94. The number of hydrogen-bond acceptors (Lipinski definition) is 2. The summed E-state index contributed by atoms with van der Waals surface area (Å²) in [6.45, 7) is 6.49. The van der Waals surface area contributed by atoms with Crippen molar-refractivity contribution < 1.29 is 4.42 Å². The average Bonchev–Trinajstić information content (AvgIpc) is 3.16. The summed E-state index contributed by atoms with van der Waals surface area (Å²) in [5.74, 6) is 1.67. The number of aromatic amines is 1. The molecule has 126 valence electrons. The quantitative estimate of drug-likeness (QED) is 0.673. The van der Waals surface area contributed by atoms with Crippen molar-refractivity contribution in [2.45, 2.75) is 39.3 Å². The number of aromatic nitrogens is 1. The van der Waals surface area contributed by atoms with Gasteiger partial charge in [-0.15, -0.1) is 0 Å². The molecule has 0 radical (unpaired) electrons. The van der Waals surface area contributed by atoms with E-state index in [4.69, 9.17) is 16.0 Å². The fourth-order valence-electron chi connectivity index (χ4n) is 3.89. The van der Waals surface area contributed by atoms with E-state index in [1.54, 1.807) is 6.26 Å². The predicted octanol–water partition coefficient (Wildman–Crippen LogP) is 5.56. The third-order valence-electron chi connectivity index (χ3n) is 4.96. The molecule has 1 N–H and O–H groups in total. The molecular weight excluding hydrogens is 320 g/mol. The summed E-state index contributed by atoms with van der Waals surface area (Å²) in [4.78, 5) is 6.22. The van der Waals surface area contributed by atoms with Crippen molar-refractivity contribution in [3.05, 3.63) is 58.6 Å². The van der Waals surface area contributed by atoms with Crippen LogP contribution in [0.15, 0.2) is 41.0 Å². The molecule has 0 saturated carbocycles. The van der Waals surface area contributed by atoms with E-state index in [0.29, 0.717) is 12.0 Å². The summed E-state index contributed by atoms with van der Waals surface area (Å²) in [5, 5.41) is 2.09. The smallest absolute Gasteiger partial charge is 0.117 e. The summed E-state index contributed by atoms with van der Waals surface area (Å²) in [6, 6.07) is 10.6. The number of rotatable bonds is 4. The Balaban J connectivity index is 1.74. The number of nitrogens with zero attached hydrogens (tertiary/aromatic N) is 1. The van der Waals surface area contributed by atoms with Gasteiger partial charge in [0.05, 0.1) is 18.8 Å². The first kappa shape index (κ1) is 15.8. The Kier molecular flexibility index (Phi) is 4.15. The van der Waals surface area contributed by atoms with Gasteiger partial charge in [0.2, 0.25) is 0 Å². The molecule has 0 amide bonds. The largest absolute Gasteiger partial charge is 0.468 e. The normalized spacial score (nSPS) is 18.4. The third-order valence-corrected chi connectivity index (χ3v) is 5.19. The van der Waals surface area contributed by atoms with Crippen LogP contribution in [0.5, 0.6) is 0 Å². The van der Waals surface area contributed by atoms with E-state index in [2.05, 4.69) is 41.9 Å². The lowest BCUT2D eigenvalue weighted by Crippen LogP contribution is -2.35. The number of furan rings is 1. The van der Waals surface area contributed by atoms with Crippen LogP contribution < -0.4 is 0 Å². The number of hydrogen-bond donors (Lipinski definition) is 1. The summed E-state index contributed by atoms with van der Waals surface area (Å²) >= 11 is 6.23. The molecule has 3 nitrogen and oxygen atoms in total. The van der Waals surface area contributed by atoms with Gasteiger partial charge in [0.15, 0.2) is 0 Å². The highest BCUT2D eigenvalue weighted by Gasteiger charge is 2.31. The van der Waals surface area contributed by atoms with Crippen LogP contribution in [0.1, 0.15) is 43.3 Å². The highest BCUT2D eigenvalue weighted by molar-refractivity contribution is 6.31. The fourth-order valence-corrected chi connectivity index (χ4v) is 4.07. The minimum absolute atomic E-state index is 0.394. The first-order chi connectivity index (χ1) is 11.6. The Morgan fingerprint density at radius 1 is 1.33 bits per heavy atom. The lowest BCUT2D eigenvalue weighted by molar-refractivity contribution is 0.141. The molecule has 3 heterocycles. The number of fused-ring (bicyclic) bond motifs is 3. The van der Waals surface area contributed by atoms with Crippen molar-refractivity contribution in [1.29, 1.82) is 0 Å². The molecule has 0 aliphatic carbocycles. The molecule has 3 aromatic rings. The molecule has 0 fully saturated rings. The Morgan fingerprint density at radius 3 is 2.96 bits per heavy atom. The molecule has 1 aromatic carbocycles. The van der Waals surface area contributed by atoms with Gasteiger partial charge < -0.3 is 9.40 Å². The molecule has 4 heteroatoms. The lowest BCUT2D eigenvalue weighted by atomic mass is 9.91. The molecular formula is C20H23ClN2O. The zero-order valence-electron chi connectivity index (χ0n) is 14.2. The minimum Gasteiger partial charge on any atom is -0.468 e. The summed E-state index contributed by atoms with van der Waals surface area (Å²) < 4.78 is 5.58. The third kappa shape index (κ3) is 2.87. The van der Waals surface area contributed by atoms with Gasteiger partial charge in [-0.2, -0.15) is 0 Å². The van der Waals surface area contributed by atoms with E-state index in [1.807, 2.05) is 12.1 Å². The number of benzene rings is 1. The Hall–Kier alpha value is -1.71. The van der Waals surface area contributed by atoms with Gasteiger partial charge in [-0.25, -0.2) is 0 Å². The molecule has 24 heavy (non-hydrogen) atoms. The fraction of sp³-hybridized carbons (Fsp3) is 0.400. The molecule has 0 bridgehead atoms. The van der Waals surface area contributed by atoms with Gasteiger partial charge in [0, 0.05) is 28.2 Å². The zero-order chi connectivity index (χ0) is 16.7. The van der Waals surface area contributed by atoms with Crippen LogP contribution in [0.25, 0.3) is 10.9 Å². The topological polar surface area (TPSA) is 32.2 Å². The second-order valence-corrected chi connectivity index (χ2v) is 7.59. The van der Waals surface area contributed by atoms with E-state index in [0.717, 1.165) is 36.7 Å². The highest BCUT2D eigenvalue weighted by Crippen LogP contribution is 2.39. The van der Waals surface area contributed by atoms with Crippen LogP contribution in [-0.2, 0) is 13.0 Å². The second-order valence-electron chi connectivity index (χ2n) is 7.15. The van der Waals surface area contributed by atoms with Gasteiger partial charge in [-0.1, -0.05) is 25.4 Å². The van der Waals surface area contributed by atoms with Crippen molar-refractivity contribution in [1.82, 2.24) is 9.88 Å². The van der Waals surface area contributed by atoms with E-state index in [-0.39, 0.29) is 0 Å². The second kappa shape index (κ2) is 6.30. The minimum atomic E-state index is 0.394. The van der Waals surface area contributed by atoms with Crippen molar-refractivity contribution in [3.8, 4) is 0 Å². The monoisotopic (exact) mass is 342 g/mol. The van der Waals surface area contributed by atoms with Gasteiger partial charge in [-0.3, -0.25) is 4.90 Å². The highest BCUT2D eigenvalue weighted by atomic mass is 35.5. The zero-order valence-corrected chi connectivity index (χ0v) is 14.9. The van der Waals surface area contributed by atoms with Crippen molar-refractivity contribution in [2.75, 3.05) is 6.54 Å². The molecule has 1 aliphatic rings. The van der Waals surface area contributed by atoms with Crippen LogP contribution in [0.3, 0.4) is 0 Å². The Labute approximate surface area is 147 Å². The lowest BCUT2D eigenvalue weighted by Gasteiger charge is -2.36. The summed E-state index contributed by atoms with van der Waals surface area (Å²) in [5.41, 5.74) is 3.99. The van der Waals surface area contributed by atoms with E-state index in [9.17, 15) is 0 Å². The predicted molar refractivity (Wildman–Crippen MR) is 98.3 cm³/mol. The Morgan fingerprint density at radius 2 is 2.21 bits per heavy atom. The van der Waals surface area contributed by atoms with E-state index >= 15 is 0 Å². The molecule has 1 unspecified atom stereocenters. The number of halogens is 1. The Bertz CT molecular complexity index is 835.